The Morgan fingerprint density at radius 3 is 3.27 bits per heavy atom. The van der Waals surface area contributed by atoms with Crippen LogP contribution >= 0.6 is 11.3 Å². The van der Waals surface area contributed by atoms with Gasteiger partial charge in [-0.05, 0) is 13.0 Å². The number of aromatic nitrogens is 1. The smallest absolute Gasteiger partial charge is 0.216 e. The maximum Gasteiger partial charge on any atom is 0.216 e. The van der Waals surface area contributed by atoms with Gasteiger partial charge in [-0.2, -0.15) is 0 Å². The standard InChI is InChI=1S/C10H16N2O2S/c1-2-3-12-4-5-14-10(13,7-12)9-6-11-8-15-9/h6,8,13H,2-5,7H2,1H3. The third kappa shape index (κ3) is 2.36. The van der Waals surface area contributed by atoms with Crippen LogP contribution in [-0.2, 0) is 10.5 Å². The van der Waals surface area contributed by atoms with E-state index in [-0.39, 0.29) is 0 Å². The molecule has 5 heteroatoms. The molecule has 1 aliphatic heterocycles. The zero-order valence-electron chi connectivity index (χ0n) is 8.85. The van der Waals surface area contributed by atoms with Crippen molar-refractivity contribution >= 4 is 11.3 Å². The summed E-state index contributed by atoms with van der Waals surface area (Å²) in [6, 6.07) is 0. The van der Waals surface area contributed by atoms with Crippen molar-refractivity contribution in [3.63, 3.8) is 0 Å². The van der Waals surface area contributed by atoms with Crippen LogP contribution in [0.15, 0.2) is 11.7 Å². The predicted molar refractivity (Wildman–Crippen MR) is 58.7 cm³/mol. The summed E-state index contributed by atoms with van der Waals surface area (Å²) >= 11 is 1.44. The van der Waals surface area contributed by atoms with E-state index in [9.17, 15) is 5.11 Å². The molecular formula is C10H16N2O2S. The highest BCUT2D eigenvalue weighted by molar-refractivity contribution is 7.09. The van der Waals surface area contributed by atoms with Crippen molar-refractivity contribution in [3.8, 4) is 0 Å². The van der Waals surface area contributed by atoms with Gasteiger partial charge in [-0.3, -0.25) is 9.88 Å². The fraction of sp³-hybridized carbons (Fsp3) is 0.700. The number of nitrogens with zero attached hydrogens (tertiary/aromatic N) is 2. The van der Waals surface area contributed by atoms with Crippen LogP contribution in [0.5, 0.6) is 0 Å². The Morgan fingerprint density at radius 1 is 1.73 bits per heavy atom. The van der Waals surface area contributed by atoms with E-state index in [2.05, 4.69) is 16.8 Å². The highest BCUT2D eigenvalue weighted by atomic mass is 32.1. The van der Waals surface area contributed by atoms with Crippen LogP contribution in [0.1, 0.15) is 18.2 Å². The van der Waals surface area contributed by atoms with E-state index >= 15 is 0 Å². The molecule has 1 aromatic rings. The van der Waals surface area contributed by atoms with E-state index in [0.717, 1.165) is 24.4 Å². The Labute approximate surface area is 93.5 Å². The minimum absolute atomic E-state index is 0.545. The molecule has 0 amide bonds. The minimum Gasteiger partial charge on any atom is -0.360 e. The van der Waals surface area contributed by atoms with Gasteiger partial charge in [-0.25, -0.2) is 0 Å². The van der Waals surface area contributed by atoms with Crippen molar-refractivity contribution in [2.24, 2.45) is 0 Å². The molecule has 2 rings (SSSR count). The third-order valence-electron chi connectivity index (χ3n) is 2.54. The first kappa shape index (κ1) is 11.0. The molecule has 0 aliphatic carbocycles. The molecule has 0 bridgehead atoms. The van der Waals surface area contributed by atoms with Crippen molar-refractivity contribution in [3.05, 3.63) is 16.6 Å². The lowest BCUT2D eigenvalue weighted by atomic mass is 10.2. The summed E-state index contributed by atoms with van der Waals surface area (Å²) in [5.74, 6) is -1.14. The lowest BCUT2D eigenvalue weighted by Crippen LogP contribution is -2.49. The number of hydrogen-bond acceptors (Lipinski definition) is 5. The average Bonchev–Trinajstić information content (AvgIpc) is 2.71. The van der Waals surface area contributed by atoms with Gasteiger partial charge >= 0.3 is 0 Å². The normalized spacial score (nSPS) is 28.1. The van der Waals surface area contributed by atoms with Crippen molar-refractivity contribution in [1.29, 1.82) is 0 Å². The van der Waals surface area contributed by atoms with Crippen LogP contribution in [0.2, 0.25) is 0 Å². The topological polar surface area (TPSA) is 45.6 Å². The summed E-state index contributed by atoms with van der Waals surface area (Å²) in [5.41, 5.74) is 1.72. The first-order valence-corrected chi connectivity index (χ1v) is 6.10. The highest BCUT2D eigenvalue weighted by Gasteiger charge is 2.37. The van der Waals surface area contributed by atoms with Gasteiger partial charge in [0.25, 0.3) is 0 Å². The SMILES string of the molecule is CCCN1CCOC(O)(c2cncs2)C1. The molecule has 1 atom stereocenters. The van der Waals surface area contributed by atoms with Crippen molar-refractivity contribution in [2.45, 2.75) is 19.1 Å². The Kier molecular flexibility index (Phi) is 3.35. The van der Waals surface area contributed by atoms with Crippen LogP contribution in [0.25, 0.3) is 0 Å². The van der Waals surface area contributed by atoms with Crippen LogP contribution in [0.3, 0.4) is 0 Å². The molecule has 1 N–H and O–H groups in total. The first-order chi connectivity index (χ1) is 7.24. The Morgan fingerprint density at radius 2 is 2.60 bits per heavy atom. The molecule has 1 aromatic heterocycles. The lowest BCUT2D eigenvalue weighted by molar-refractivity contribution is -0.245. The molecule has 15 heavy (non-hydrogen) atoms. The van der Waals surface area contributed by atoms with Gasteiger partial charge in [0, 0.05) is 12.7 Å². The van der Waals surface area contributed by atoms with Gasteiger partial charge in [-0.15, -0.1) is 11.3 Å². The molecule has 1 saturated heterocycles. The number of ether oxygens (including phenoxy) is 1. The van der Waals surface area contributed by atoms with E-state index in [1.54, 1.807) is 11.7 Å². The Balaban J connectivity index is 2.08. The van der Waals surface area contributed by atoms with E-state index in [1.165, 1.54) is 11.3 Å². The third-order valence-corrected chi connectivity index (χ3v) is 3.45. The van der Waals surface area contributed by atoms with Crippen molar-refractivity contribution < 1.29 is 9.84 Å². The summed E-state index contributed by atoms with van der Waals surface area (Å²) < 4.78 is 5.47. The number of rotatable bonds is 3. The van der Waals surface area contributed by atoms with Gasteiger partial charge in [-0.1, -0.05) is 6.92 Å². The van der Waals surface area contributed by atoms with E-state index in [1.807, 2.05) is 0 Å². The number of thiazole rings is 1. The second kappa shape index (κ2) is 4.57. The largest absolute Gasteiger partial charge is 0.360 e. The summed E-state index contributed by atoms with van der Waals surface area (Å²) in [6.07, 6.45) is 2.78. The highest BCUT2D eigenvalue weighted by Crippen LogP contribution is 2.29. The molecule has 1 fully saturated rings. The first-order valence-electron chi connectivity index (χ1n) is 5.22. The maximum absolute atomic E-state index is 10.3. The summed E-state index contributed by atoms with van der Waals surface area (Å²) in [7, 11) is 0. The zero-order chi connectivity index (χ0) is 10.7. The quantitative estimate of drug-likeness (QED) is 0.839. The molecular weight excluding hydrogens is 212 g/mol. The van der Waals surface area contributed by atoms with E-state index in [0.29, 0.717) is 13.2 Å². The Bertz CT molecular complexity index is 302. The molecule has 84 valence electrons. The molecule has 0 radical (unpaired) electrons. The summed E-state index contributed by atoms with van der Waals surface area (Å²) in [5, 5.41) is 10.3. The van der Waals surface area contributed by atoms with Gasteiger partial charge in [0.2, 0.25) is 5.79 Å². The van der Waals surface area contributed by atoms with E-state index in [4.69, 9.17) is 4.74 Å². The predicted octanol–water partition coefficient (Wildman–Crippen LogP) is 1.03. The molecule has 0 spiro atoms. The molecule has 0 aromatic carbocycles. The van der Waals surface area contributed by atoms with Gasteiger partial charge in [0.1, 0.15) is 0 Å². The number of β-amino-alcohol motifs (C(OH)–C–C–N with tert-alkyl or cyclic N) is 1. The van der Waals surface area contributed by atoms with Gasteiger partial charge < -0.3 is 9.84 Å². The number of hydrogen-bond donors (Lipinski definition) is 1. The number of morpholine rings is 1. The Hall–Kier alpha value is -0.490. The summed E-state index contributed by atoms with van der Waals surface area (Å²) in [4.78, 5) is 6.99. The van der Waals surface area contributed by atoms with E-state index < -0.39 is 5.79 Å². The van der Waals surface area contributed by atoms with Crippen LogP contribution < -0.4 is 0 Å². The fourth-order valence-corrected chi connectivity index (χ4v) is 2.50. The second-order valence-electron chi connectivity index (χ2n) is 3.77. The average molecular weight is 228 g/mol. The maximum atomic E-state index is 10.3. The molecule has 2 heterocycles. The molecule has 1 aliphatic rings. The minimum atomic E-state index is -1.14. The summed E-state index contributed by atoms with van der Waals surface area (Å²) in [6.45, 7) is 5.16. The van der Waals surface area contributed by atoms with Gasteiger partial charge in [0.15, 0.2) is 0 Å². The van der Waals surface area contributed by atoms with Gasteiger partial charge in [0.05, 0.1) is 23.5 Å². The van der Waals surface area contributed by atoms with Crippen LogP contribution in [-0.4, -0.2) is 41.2 Å². The second-order valence-corrected chi connectivity index (χ2v) is 4.66. The fourth-order valence-electron chi connectivity index (χ4n) is 1.84. The molecule has 0 saturated carbocycles. The lowest BCUT2D eigenvalue weighted by Gasteiger charge is -2.38. The number of aliphatic hydroxyl groups is 1. The van der Waals surface area contributed by atoms with Crippen LogP contribution in [0, 0.1) is 0 Å². The van der Waals surface area contributed by atoms with Crippen LogP contribution in [0.4, 0.5) is 0 Å². The van der Waals surface area contributed by atoms with Crippen molar-refractivity contribution in [1.82, 2.24) is 9.88 Å². The van der Waals surface area contributed by atoms with Crippen molar-refractivity contribution in [2.75, 3.05) is 26.2 Å². The molecule has 1 unspecified atom stereocenters. The zero-order valence-corrected chi connectivity index (χ0v) is 9.66. The molecule has 4 nitrogen and oxygen atoms in total. The monoisotopic (exact) mass is 228 g/mol.